The molecule has 1 aliphatic heterocycles. The normalized spacial score (nSPS) is 17.3. The van der Waals surface area contributed by atoms with E-state index in [0.29, 0.717) is 28.6 Å². The Morgan fingerprint density at radius 3 is 2.54 bits per heavy atom. The molecule has 1 fully saturated rings. The number of rotatable bonds is 6. The van der Waals surface area contributed by atoms with Gasteiger partial charge in [-0.3, -0.25) is 19.5 Å². The number of aliphatic hydroxyl groups is 1. The van der Waals surface area contributed by atoms with Gasteiger partial charge in [-0.1, -0.05) is 24.3 Å². The number of amides is 1. The first kappa shape index (κ1) is 22.7. The molecule has 0 saturated carbocycles. The van der Waals surface area contributed by atoms with Crippen molar-refractivity contribution < 1.29 is 19.4 Å². The summed E-state index contributed by atoms with van der Waals surface area (Å²) in [6, 6.07) is 15.3. The number of anilines is 1. The number of carbonyl (C=O) groups is 2. The smallest absolute Gasteiger partial charge is 0.301 e. The number of fused-ring (bicyclic) bond motifs is 1. The minimum atomic E-state index is -0.837. The fraction of sp³-hybridized carbons (Fsp3) is 0.185. The Hall–Kier alpha value is -4.04. The van der Waals surface area contributed by atoms with Gasteiger partial charge in [-0.15, -0.1) is 0 Å². The summed E-state index contributed by atoms with van der Waals surface area (Å²) in [5.41, 5.74) is 2.91. The van der Waals surface area contributed by atoms with Crippen molar-refractivity contribution >= 4 is 44.1 Å². The van der Waals surface area contributed by atoms with E-state index < -0.39 is 17.7 Å². The highest BCUT2D eigenvalue weighted by molar-refractivity contribution is 7.22. The van der Waals surface area contributed by atoms with Gasteiger partial charge in [0.05, 0.1) is 28.4 Å². The lowest BCUT2D eigenvalue weighted by Gasteiger charge is -2.22. The molecule has 1 saturated heterocycles. The lowest BCUT2D eigenvalue weighted by molar-refractivity contribution is -0.132. The van der Waals surface area contributed by atoms with E-state index in [4.69, 9.17) is 4.74 Å². The fourth-order valence-electron chi connectivity index (χ4n) is 4.10. The molecular weight excluding hydrogens is 462 g/mol. The summed E-state index contributed by atoms with van der Waals surface area (Å²) in [5, 5.41) is 11.7. The average molecular weight is 486 g/mol. The third-order valence-corrected chi connectivity index (χ3v) is 6.82. The lowest BCUT2D eigenvalue weighted by atomic mass is 9.96. The van der Waals surface area contributed by atoms with Crippen LogP contribution in [0.2, 0.25) is 0 Å². The fourth-order valence-corrected chi connectivity index (χ4v) is 5.19. The van der Waals surface area contributed by atoms with Crippen LogP contribution in [0.15, 0.2) is 72.6 Å². The highest BCUT2D eigenvalue weighted by Gasteiger charge is 2.48. The second-order valence-electron chi connectivity index (χ2n) is 8.29. The van der Waals surface area contributed by atoms with E-state index in [1.165, 1.54) is 16.2 Å². The van der Waals surface area contributed by atoms with Crippen LogP contribution in [0.4, 0.5) is 5.13 Å². The van der Waals surface area contributed by atoms with Crippen LogP contribution in [0.1, 0.15) is 36.1 Å². The van der Waals surface area contributed by atoms with Gasteiger partial charge in [-0.05, 0) is 73.0 Å². The van der Waals surface area contributed by atoms with Crippen molar-refractivity contribution in [3.05, 3.63) is 89.3 Å². The van der Waals surface area contributed by atoms with Crippen molar-refractivity contribution in [1.82, 2.24) is 9.97 Å². The minimum absolute atomic E-state index is 0.0128. The van der Waals surface area contributed by atoms with E-state index in [-0.39, 0.29) is 11.3 Å². The van der Waals surface area contributed by atoms with Crippen LogP contribution in [0, 0.1) is 6.92 Å². The van der Waals surface area contributed by atoms with Gasteiger partial charge in [0.2, 0.25) is 0 Å². The predicted molar refractivity (Wildman–Crippen MR) is 136 cm³/mol. The van der Waals surface area contributed by atoms with Crippen LogP contribution in [0.5, 0.6) is 5.75 Å². The molecule has 1 unspecified atom stereocenters. The third-order valence-electron chi connectivity index (χ3n) is 5.81. The van der Waals surface area contributed by atoms with Gasteiger partial charge in [0.1, 0.15) is 11.5 Å². The zero-order valence-corrected chi connectivity index (χ0v) is 20.1. The summed E-state index contributed by atoms with van der Waals surface area (Å²) in [7, 11) is 0. The molecule has 5 rings (SSSR count). The van der Waals surface area contributed by atoms with Gasteiger partial charge in [-0.25, -0.2) is 4.98 Å². The Morgan fingerprint density at radius 1 is 1.09 bits per heavy atom. The molecule has 0 radical (unpaired) electrons. The number of hydrogen-bond donors (Lipinski definition) is 1. The van der Waals surface area contributed by atoms with E-state index in [1.807, 2.05) is 32.0 Å². The molecule has 7 nitrogen and oxygen atoms in total. The van der Waals surface area contributed by atoms with Gasteiger partial charge in [0, 0.05) is 18.0 Å². The van der Waals surface area contributed by atoms with Gasteiger partial charge >= 0.3 is 5.91 Å². The van der Waals surface area contributed by atoms with Crippen molar-refractivity contribution in [1.29, 1.82) is 0 Å². The molecule has 2 aromatic carbocycles. The molecule has 1 amide bonds. The number of Topliss-reactive ketones (excluding diaryl/α,β-unsaturated/α-hetero) is 1. The number of aliphatic hydroxyl groups excluding tert-OH is 1. The summed E-state index contributed by atoms with van der Waals surface area (Å²) >= 11 is 1.34. The Kier molecular flexibility index (Phi) is 6.05. The van der Waals surface area contributed by atoms with E-state index in [9.17, 15) is 14.7 Å². The van der Waals surface area contributed by atoms with E-state index in [2.05, 4.69) is 9.97 Å². The zero-order valence-electron chi connectivity index (χ0n) is 19.3. The second-order valence-corrected chi connectivity index (χ2v) is 9.30. The molecule has 1 atom stereocenters. The molecule has 2 aromatic heterocycles. The average Bonchev–Trinajstić information content (AvgIpc) is 3.40. The van der Waals surface area contributed by atoms with E-state index in [1.54, 1.807) is 48.8 Å². The number of benzene rings is 2. The van der Waals surface area contributed by atoms with Gasteiger partial charge in [-0.2, -0.15) is 0 Å². The molecular formula is C27H23N3O4S. The van der Waals surface area contributed by atoms with Gasteiger partial charge < -0.3 is 9.84 Å². The third kappa shape index (κ3) is 4.17. The maximum Gasteiger partial charge on any atom is 0.301 e. The molecule has 35 heavy (non-hydrogen) atoms. The maximum absolute atomic E-state index is 13.3. The van der Waals surface area contributed by atoms with Crippen LogP contribution in [-0.2, 0) is 9.59 Å². The highest BCUT2D eigenvalue weighted by Crippen LogP contribution is 2.44. The number of aromatic nitrogens is 2. The summed E-state index contributed by atoms with van der Waals surface area (Å²) in [4.78, 5) is 36.7. The summed E-state index contributed by atoms with van der Waals surface area (Å²) in [6.07, 6.45) is 4.07. The topological polar surface area (TPSA) is 92.6 Å². The molecule has 176 valence electrons. The first-order chi connectivity index (χ1) is 17.0. The van der Waals surface area contributed by atoms with E-state index in [0.717, 1.165) is 22.2 Å². The molecule has 4 aromatic rings. The number of nitrogens with zero attached hydrogens (tertiary/aromatic N) is 3. The standard InChI is InChI=1S/C27H23N3O4S/c1-3-14-34-19-7-5-18(6-8-19)24(31)22-23(17-10-12-28-13-11-17)30(26(33)25(22)32)27-29-20-9-4-16(2)15-21(20)35-27/h4-13,15,23,31H,3,14H2,1-2H3. The van der Waals surface area contributed by atoms with Crippen LogP contribution in [0.25, 0.3) is 16.0 Å². The second kappa shape index (κ2) is 9.31. The zero-order chi connectivity index (χ0) is 24.5. The molecule has 0 bridgehead atoms. The number of ether oxygens (including phenoxy) is 1. The Labute approximate surface area is 206 Å². The minimum Gasteiger partial charge on any atom is -0.507 e. The number of aryl methyl sites for hydroxylation is 1. The molecule has 1 N–H and O–H groups in total. The summed E-state index contributed by atoms with van der Waals surface area (Å²) in [5.74, 6) is -1.07. The molecule has 0 spiro atoms. The van der Waals surface area contributed by atoms with Gasteiger partial charge in [0.15, 0.2) is 5.13 Å². The number of pyridine rings is 1. The number of ketones is 1. The number of carbonyl (C=O) groups excluding carboxylic acids is 2. The van der Waals surface area contributed by atoms with Crippen molar-refractivity contribution in [2.24, 2.45) is 0 Å². The number of thiazole rings is 1. The van der Waals surface area contributed by atoms with Crippen LogP contribution in [-0.4, -0.2) is 33.4 Å². The van der Waals surface area contributed by atoms with Crippen LogP contribution >= 0.6 is 11.3 Å². The summed E-state index contributed by atoms with van der Waals surface area (Å²) < 4.78 is 6.53. The first-order valence-corrected chi connectivity index (χ1v) is 12.1. The van der Waals surface area contributed by atoms with Crippen molar-refractivity contribution in [2.45, 2.75) is 26.3 Å². The largest absolute Gasteiger partial charge is 0.507 e. The Bertz CT molecular complexity index is 1440. The quantitative estimate of drug-likeness (QED) is 0.223. The highest BCUT2D eigenvalue weighted by atomic mass is 32.1. The first-order valence-electron chi connectivity index (χ1n) is 11.3. The molecule has 8 heteroatoms. The monoisotopic (exact) mass is 485 g/mol. The van der Waals surface area contributed by atoms with Crippen molar-refractivity contribution in [3.63, 3.8) is 0 Å². The molecule has 1 aliphatic rings. The van der Waals surface area contributed by atoms with Crippen molar-refractivity contribution in [3.8, 4) is 5.75 Å². The van der Waals surface area contributed by atoms with E-state index >= 15 is 0 Å². The summed E-state index contributed by atoms with van der Waals surface area (Å²) in [6.45, 7) is 4.59. The Balaban J connectivity index is 1.64. The molecule has 3 heterocycles. The Morgan fingerprint density at radius 2 is 1.83 bits per heavy atom. The lowest BCUT2D eigenvalue weighted by Crippen LogP contribution is -2.29. The molecule has 0 aliphatic carbocycles. The van der Waals surface area contributed by atoms with Crippen molar-refractivity contribution in [2.75, 3.05) is 11.5 Å². The van der Waals surface area contributed by atoms with Crippen LogP contribution in [0.3, 0.4) is 0 Å². The predicted octanol–water partition coefficient (Wildman–Crippen LogP) is 5.41. The maximum atomic E-state index is 13.3. The van der Waals surface area contributed by atoms with Gasteiger partial charge in [0.25, 0.3) is 5.78 Å². The number of hydrogen-bond acceptors (Lipinski definition) is 7. The SMILES string of the molecule is CCCOc1ccc(C(O)=C2C(=O)C(=O)N(c3nc4ccc(C)cc4s3)C2c2ccncc2)cc1. The van der Waals surface area contributed by atoms with Crippen LogP contribution < -0.4 is 9.64 Å².